The van der Waals surface area contributed by atoms with Gasteiger partial charge in [0.15, 0.2) is 0 Å². The van der Waals surface area contributed by atoms with Gasteiger partial charge in [-0.2, -0.15) is 0 Å². The van der Waals surface area contributed by atoms with Crippen molar-refractivity contribution in [2.24, 2.45) is 0 Å². The van der Waals surface area contributed by atoms with Gasteiger partial charge in [-0.3, -0.25) is 0 Å². The largest absolute Gasteiger partial charge is 0.475 e. The van der Waals surface area contributed by atoms with Gasteiger partial charge in [0.2, 0.25) is 5.82 Å². The van der Waals surface area contributed by atoms with Crippen molar-refractivity contribution in [3.63, 3.8) is 0 Å². The second-order valence-electron chi connectivity index (χ2n) is 4.57. The highest BCUT2D eigenvalue weighted by Crippen LogP contribution is 2.28. The number of halogens is 1. The number of carbonyl (C=O) groups is 1. The summed E-state index contributed by atoms with van der Waals surface area (Å²) in [5, 5.41) is 9.60. The van der Waals surface area contributed by atoms with Gasteiger partial charge in [0.05, 0.1) is 5.69 Å². The Bertz CT molecular complexity index is 644. The van der Waals surface area contributed by atoms with Gasteiger partial charge in [-0.1, -0.05) is 23.7 Å². The van der Waals surface area contributed by atoms with Gasteiger partial charge in [0.1, 0.15) is 0 Å². The molecule has 2 rings (SSSR count). The highest BCUT2D eigenvalue weighted by molar-refractivity contribution is 6.31. The molecule has 20 heavy (non-hydrogen) atoms. The van der Waals surface area contributed by atoms with Crippen molar-refractivity contribution in [3.05, 3.63) is 46.9 Å². The van der Waals surface area contributed by atoms with Crippen LogP contribution in [-0.4, -0.2) is 40.0 Å². The Hall–Kier alpha value is -1.98. The van der Waals surface area contributed by atoms with Gasteiger partial charge in [0.25, 0.3) is 0 Å². The van der Waals surface area contributed by atoms with Gasteiger partial charge in [-0.15, -0.1) is 0 Å². The maximum Gasteiger partial charge on any atom is 0.373 e. The lowest BCUT2D eigenvalue weighted by Crippen LogP contribution is -2.12. The Morgan fingerprint density at radius 2 is 2.10 bits per heavy atom. The molecule has 0 radical (unpaired) electrons. The molecule has 0 fully saturated rings. The molecule has 6 heteroatoms. The Morgan fingerprint density at radius 1 is 1.35 bits per heavy atom. The summed E-state index contributed by atoms with van der Waals surface area (Å²) in [5.74, 6) is -1.37. The Labute approximate surface area is 121 Å². The molecule has 0 aliphatic heterocycles. The molecule has 104 valence electrons. The van der Waals surface area contributed by atoms with E-state index >= 15 is 0 Å². The fourth-order valence-corrected chi connectivity index (χ4v) is 2.12. The van der Waals surface area contributed by atoms with Crippen molar-refractivity contribution >= 4 is 17.6 Å². The van der Waals surface area contributed by atoms with Crippen LogP contribution in [0.1, 0.15) is 16.2 Å². The Balaban J connectivity index is 2.54. The molecule has 0 aliphatic rings. The van der Waals surface area contributed by atoms with E-state index in [1.54, 1.807) is 6.07 Å². The number of carboxylic acids is 1. The van der Waals surface area contributed by atoms with Crippen LogP contribution >= 0.6 is 11.6 Å². The molecule has 0 saturated carbocycles. The lowest BCUT2D eigenvalue weighted by Gasteiger charge is -2.15. The lowest BCUT2D eigenvalue weighted by molar-refractivity contribution is 0.0683. The molecule has 1 aromatic heterocycles. The summed E-state index contributed by atoms with van der Waals surface area (Å²) >= 11 is 6.24. The number of aromatic carboxylic acids is 1. The van der Waals surface area contributed by atoms with Crippen LogP contribution in [0.5, 0.6) is 0 Å². The molecule has 1 heterocycles. The SMILES string of the molecule is CN(C)Cc1c(Cl)cccc1-c1ccnc(C(=O)O)n1. The van der Waals surface area contributed by atoms with Crippen LogP contribution in [-0.2, 0) is 6.54 Å². The van der Waals surface area contributed by atoms with E-state index in [-0.39, 0.29) is 5.82 Å². The number of hydrogen-bond donors (Lipinski definition) is 1. The summed E-state index contributed by atoms with van der Waals surface area (Å²) in [6, 6.07) is 7.18. The van der Waals surface area contributed by atoms with Crippen LogP contribution in [0.15, 0.2) is 30.5 Å². The monoisotopic (exact) mass is 291 g/mol. The average molecular weight is 292 g/mol. The third-order valence-electron chi connectivity index (χ3n) is 2.72. The van der Waals surface area contributed by atoms with E-state index in [0.29, 0.717) is 17.3 Å². The molecule has 0 atom stereocenters. The fourth-order valence-electron chi connectivity index (χ4n) is 1.89. The predicted molar refractivity (Wildman–Crippen MR) is 76.8 cm³/mol. The van der Waals surface area contributed by atoms with E-state index in [2.05, 4.69) is 9.97 Å². The van der Waals surface area contributed by atoms with Crippen molar-refractivity contribution < 1.29 is 9.90 Å². The molecule has 5 nitrogen and oxygen atoms in total. The van der Waals surface area contributed by atoms with E-state index in [9.17, 15) is 4.79 Å². The normalized spacial score (nSPS) is 10.8. The summed E-state index contributed by atoms with van der Waals surface area (Å²) in [5.41, 5.74) is 2.28. The van der Waals surface area contributed by atoms with Crippen molar-refractivity contribution in [2.75, 3.05) is 14.1 Å². The number of aromatic nitrogens is 2. The molecule has 0 amide bonds. The first-order valence-corrected chi connectivity index (χ1v) is 6.35. The zero-order valence-corrected chi connectivity index (χ0v) is 11.9. The van der Waals surface area contributed by atoms with Crippen LogP contribution in [0.2, 0.25) is 5.02 Å². The zero-order chi connectivity index (χ0) is 14.7. The van der Waals surface area contributed by atoms with Crippen LogP contribution in [0.3, 0.4) is 0 Å². The standard InChI is InChI=1S/C14H14ClN3O2/c1-18(2)8-10-9(4-3-5-11(10)15)12-6-7-16-13(17-12)14(19)20/h3-7H,8H2,1-2H3,(H,19,20). The van der Waals surface area contributed by atoms with Crippen LogP contribution < -0.4 is 0 Å². The zero-order valence-electron chi connectivity index (χ0n) is 11.2. The first kappa shape index (κ1) is 14.4. The molecule has 0 bridgehead atoms. The van der Waals surface area contributed by atoms with Gasteiger partial charge < -0.3 is 10.0 Å². The molecule has 0 aliphatic carbocycles. The van der Waals surface area contributed by atoms with E-state index in [4.69, 9.17) is 16.7 Å². The van der Waals surface area contributed by atoms with Crippen LogP contribution in [0, 0.1) is 0 Å². The summed E-state index contributed by atoms with van der Waals surface area (Å²) in [7, 11) is 3.88. The minimum atomic E-state index is -1.15. The maximum atomic E-state index is 11.0. The lowest BCUT2D eigenvalue weighted by atomic mass is 10.0. The van der Waals surface area contributed by atoms with Gasteiger partial charge in [-0.25, -0.2) is 14.8 Å². The van der Waals surface area contributed by atoms with Gasteiger partial charge >= 0.3 is 5.97 Å². The third kappa shape index (κ3) is 3.12. The number of benzene rings is 1. The third-order valence-corrected chi connectivity index (χ3v) is 3.07. The van der Waals surface area contributed by atoms with Crippen molar-refractivity contribution in [1.82, 2.24) is 14.9 Å². The molecule has 0 saturated heterocycles. The van der Waals surface area contributed by atoms with Crippen molar-refractivity contribution in [3.8, 4) is 11.3 Å². The minimum absolute atomic E-state index is 0.224. The molecular formula is C14H14ClN3O2. The topological polar surface area (TPSA) is 66.3 Å². The Morgan fingerprint density at radius 3 is 2.75 bits per heavy atom. The van der Waals surface area contributed by atoms with E-state index in [1.165, 1.54) is 6.20 Å². The number of nitrogens with zero attached hydrogens (tertiary/aromatic N) is 3. The first-order chi connectivity index (χ1) is 9.49. The molecular weight excluding hydrogens is 278 g/mol. The molecule has 1 aromatic carbocycles. The fraction of sp³-hybridized carbons (Fsp3) is 0.214. The smallest absolute Gasteiger partial charge is 0.373 e. The molecule has 0 spiro atoms. The second-order valence-corrected chi connectivity index (χ2v) is 4.98. The quantitative estimate of drug-likeness (QED) is 0.938. The predicted octanol–water partition coefficient (Wildman–Crippen LogP) is 2.56. The van der Waals surface area contributed by atoms with Crippen LogP contribution in [0.4, 0.5) is 0 Å². The number of hydrogen-bond acceptors (Lipinski definition) is 4. The summed E-state index contributed by atoms with van der Waals surface area (Å²) in [6.45, 7) is 0.640. The molecule has 0 unspecified atom stereocenters. The summed E-state index contributed by atoms with van der Waals surface area (Å²) in [6.07, 6.45) is 1.44. The first-order valence-electron chi connectivity index (χ1n) is 5.98. The minimum Gasteiger partial charge on any atom is -0.475 e. The molecule has 1 N–H and O–H groups in total. The van der Waals surface area contributed by atoms with Crippen molar-refractivity contribution in [2.45, 2.75) is 6.54 Å². The maximum absolute atomic E-state index is 11.0. The Kier molecular flexibility index (Phi) is 4.32. The highest BCUT2D eigenvalue weighted by Gasteiger charge is 2.13. The summed E-state index contributed by atoms with van der Waals surface area (Å²) < 4.78 is 0. The highest BCUT2D eigenvalue weighted by atomic mass is 35.5. The van der Waals surface area contributed by atoms with Crippen LogP contribution in [0.25, 0.3) is 11.3 Å². The number of carboxylic acid groups (broad SMARTS) is 1. The second kappa shape index (κ2) is 5.98. The number of rotatable bonds is 4. The van der Waals surface area contributed by atoms with Crippen molar-refractivity contribution in [1.29, 1.82) is 0 Å². The van der Waals surface area contributed by atoms with Gasteiger partial charge in [-0.05, 0) is 31.8 Å². The van der Waals surface area contributed by atoms with E-state index in [0.717, 1.165) is 11.1 Å². The molecule has 2 aromatic rings. The van der Waals surface area contributed by atoms with E-state index in [1.807, 2.05) is 37.2 Å². The van der Waals surface area contributed by atoms with Gasteiger partial charge in [0, 0.05) is 23.3 Å². The summed E-state index contributed by atoms with van der Waals surface area (Å²) in [4.78, 5) is 20.7. The average Bonchev–Trinajstić information content (AvgIpc) is 2.41. The van der Waals surface area contributed by atoms with E-state index < -0.39 is 5.97 Å².